The lowest BCUT2D eigenvalue weighted by Crippen LogP contribution is -1.99. The van der Waals surface area contributed by atoms with Gasteiger partial charge in [-0.1, -0.05) is 0 Å². The lowest BCUT2D eigenvalue weighted by atomic mass is 10.3. The smallest absolute Gasteiger partial charge is 0.284 e. The zero-order chi connectivity index (χ0) is 9.30. The van der Waals surface area contributed by atoms with Crippen molar-refractivity contribution in [3.63, 3.8) is 0 Å². The van der Waals surface area contributed by atoms with Gasteiger partial charge in [-0.25, -0.2) is 18.2 Å². The molecule has 3 N–H and O–H groups in total. The molecule has 0 atom stereocenters. The van der Waals surface area contributed by atoms with E-state index in [0.29, 0.717) is 6.07 Å². The van der Waals surface area contributed by atoms with Crippen LogP contribution in [0.15, 0.2) is 6.07 Å². The number of hydrogen-bond donors (Lipinski definition) is 2. The maximum absolute atomic E-state index is 12.4. The van der Waals surface area contributed by atoms with Crippen molar-refractivity contribution in [2.24, 2.45) is 0 Å². The quantitative estimate of drug-likeness (QED) is 0.684. The van der Waals surface area contributed by atoms with Gasteiger partial charge in [-0.2, -0.15) is 0 Å². The Morgan fingerprint density at radius 3 is 2.58 bits per heavy atom. The lowest BCUT2D eigenvalue weighted by Gasteiger charge is -2.03. The Bertz CT molecular complexity index is 303. The molecule has 1 heterocycles. The summed E-state index contributed by atoms with van der Waals surface area (Å²) in [5, 5.41) is 8.75. The van der Waals surface area contributed by atoms with Crippen LogP contribution in [0, 0.1) is 5.82 Å². The highest BCUT2D eigenvalue weighted by molar-refractivity contribution is 5.39. The number of hydrogen-bond acceptors (Lipinski definition) is 3. The standard InChI is InChI=1S/C6H5F3N2O/c7-2-1-3(12)4(5(8)9)11-6(2)10/h1,5,12H,(H2,10,11). The second kappa shape index (κ2) is 2.88. The summed E-state index contributed by atoms with van der Waals surface area (Å²) in [5.41, 5.74) is 3.99. The Hall–Kier alpha value is -1.46. The van der Waals surface area contributed by atoms with E-state index in [-0.39, 0.29) is 0 Å². The Morgan fingerprint density at radius 1 is 1.50 bits per heavy atom. The highest BCUT2D eigenvalue weighted by atomic mass is 19.3. The molecule has 0 unspecified atom stereocenters. The fraction of sp³-hybridized carbons (Fsp3) is 0.167. The van der Waals surface area contributed by atoms with Crippen LogP contribution in [0.1, 0.15) is 12.1 Å². The van der Waals surface area contributed by atoms with Crippen molar-refractivity contribution in [2.75, 3.05) is 5.73 Å². The molecule has 0 aromatic carbocycles. The van der Waals surface area contributed by atoms with Crippen molar-refractivity contribution in [2.45, 2.75) is 6.43 Å². The number of alkyl halides is 2. The fourth-order valence-corrected chi connectivity index (χ4v) is 0.669. The molecule has 66 valence electrons. The van der Waals surface area contributed by atoms with E-state index >= 15 is 0 Å². The number of nitrogens with zero attached hydrogens (tertiary/aromatic N) is 1. The van der Waals surface area contributed by atoms with Gasteiger partial charge in [0.25, 0.3) is 6.43 Å². The van der Waals surface area contributed by atoms with Crippen molar-refractivity contribution < 1.29 is 18.3 Å². The molecule has 1 aromatic rings. The second-order valence-electron chi connectivity index (χ2n) is 2.06. The number of pyridine rings is 1. The van der Waals surface area contributed by atoms with E-state index in [0.717, 1.165) is 0 Å². The first kappa shape index (κ1) is 8.63. The van der Waals surface area contributed by atoms with Crippen molar-refractivity contribution >= 4 is 5.82 Å². The topological polar surface area (TPSA) is 59.1 Å². The molecule has 6 heteroatoms. The summed E-state index contributed by atoms with van der Waals surface area (Å²) in [6.07, 6.45) is -2.96. The third kappa shape index (κ3) is 1.41. The molecule has 0 fully saturated rings. The van der Waals surface area contributed by atoms with Crippen molar-refractivity contribution in [3.8, 4) is 5.75 Å². The number of nitrogen functional groups attached to an aromatic ring is 1. The number of anilines is 1. The van der Waals surface area contributed by atoms with Crippen LogP contribution in [0.5, 0.6) is 5.75 Å². The van der Waals surface area contributed by atoms with Crippen LogP contribution < -0.4 is 5.73 Å². The maximum Gasteiger partial charge on any atom is 0.284 e. The van der Waals surface area contributed by atoms with Gasteiger partial charge in [0.05, 0.1) is 0 Å². The van der Waals surface area contributed by atoms with E-state index in [1.807, 2.05) is 0 Å². The van der Waals surface area contributed by atoms with Crippen LogP contribution in [-0.4, -0.2) is 10.1 Å². The largest absolute Gasteiger partial charge is 0.506 e. The summed E-state index contributed by atoms with van der Waals surface area (Å²) in [6.45, 7) is 0. The predicted molar refractivity (Wildman–Crippen MR) is 35.2 cm³/mol. The number of nitrogens with two attached hydrogens (primary N) is 1. The van der Waals surface area contributed by atoms with Crippen LogP contribution in [-0.2, 0) is 0 Å². The Kier molecular flexibility index (Phi) is 2.07. The zero-order valence-electron chi connectivity index (χ0n) is 5.76. The molecular formula is C6H5F3N2O. The maximum atomic E-state index is 12.4. The number of rotatable bonds is 1. The Morgan fingerprint density at radius 2 is 2.08 bits per heavy atom. The molecule has 0 bridgehead atoms. The summed E-state index contributed by atoms with van der Waals surface area (Å²) in [4.78, 5) is 2.97. The monoisotopic (exact) mass is 178 g/mol. The average molecular weight is 178 g/mol. The molecule has 1 rings (SSSR count). The van der Waals surface area contributed by atoms with Gasteiger partial charge in [0.2, 0.25) is 0 Å². The van der Waals surface area contributed by atoms with Crippen molar-refractivity contribution in [1.29, 1.82) is 0 Å². The molecule has 0 radical (unpaired) electrons. The highest BCUT2D eigenvalue weighted by Crippen LogP contribution is 2.27. The summed E-state index contributed by atoms with van der Waals surface area (Å²) >= 11 is 0. The fourth-order valence-electron chi connectivity index (χ4n) is 0.669. The second-order valence-corrected chi connectivity index (χ2v) is 2.06. The van der Waals surface area contributed by atoms with Gasteiger partial charge in [-0.15, -0.1) is 0 Å². The molecule has 0 spiro atoms. The van der Waals surface area contributed by atoms with E-state index in [9.17, 15) is 13.2 Å². The van der Waals surface area contributed by atoms with Crippen LogP contribution in [0.2, 0.25) is 0 Å². The summed E-state index contributed by atoms with van der Waals surface area (Å²) in [6, 6.07) is 0.504. The number of aromatic hydroxyl groups is 1. The van der Waals surface area contributed by atoms with Gasteiger partial charge in [0, 0.05) is 6.07 Å². The third-order valence-electron chi connectivity index (χ3n) is 1.22. The van der Waals surface area contributed by atoms with Gasteiger partial charge in [-0.3, -0.25) is 0 Å². The van der Waals surface area contributed by atoms with E-state index in [1.54, 1.807) is 0 Å². The van der Waals surface area contributed by atoms with Gasteiger partial charge >= 0.3 is 0 Å². The van der Waals surface area contributed by atoms with Crippen LogP contribution >= 0.6 is 0 Å². The lowest BCUT2D eigenvalue weighted by molar-refractivity contribution is 0.142. The van der Waals surface area contributed by atoms with Crippen molar-refractivity contribution in [1.82, 2.24) is 4.98 Å². The SMILES string of the molecule is Nc1nc(C(F)F)c(O)cc1F. The highest BCUT2D eigenvalue weighted by Gasteiger charge is 2.17. The van der Waals surface area contributed by atoms with Crippen LogP contribution in [0.4, 0.5) is 19.0 Å². The van der Waals surface area contributed by atoms with E-state index < -0.39 is 29.5 Å². The zero-order valence-corrected chi connectivity index (χ0v) is 5.76. The van der Waals surface area contributed by atoms with Gasteiger partial charge in [0.15, 0.2) is 17.3 Å². The summed E-state index contributed by atoms with van der Waals surface area (Å²) in [5.74, 6) is -2.56. The minimum atomic E-state index is -2.96. The predicted octanol–water partition coefficient (Wildman–Crippen LogP) is 1.45. The molecule has 1 aromatic heterocycles. The van der Waals surface area contributed by atoms with Gasteiger partial charge in [-0.05, 0) is 0 Å². The first-order valence-electron chi connectivity index (χ1n) is 2.95. The Labute approximate surface area is 65.6 Å². The number of aromatic nitrogens is 1. The molecule has 3 nitrogen and oxygen atoms in total. The first-order valence-corrected chi connectivity index (χ1v) is 2.95. The van der Waals surface area contributed by atoms with Crippen LogP contribution in [0.25, 0.3) is 0 Å². The third-order valence-corrected chi connectivity index (χ3v) is 1.22. The summed E-state index contributed by atoms with van der Waals surface area (Å²) in [7, 11) is 0. The normalized spacial score (nSPS) is 10.7. The molecule has 12 heavy (non-hydrogen) atoms. The first-order chi connectivity index (χ1) is 5.52. The van der Waals surface area contributed by atoms with E-state index in [2.05, 4.69) is 4.98 Å². The molecule has 0 aliphatic carbocycles. The number of halogens is 3. The van der Waals surface area contributed by atoms with Crippen molar-refractivity contribution in [3.05, 3.63) is 17.6 Å². The molecule has 0 aliphatic heterocycles. The molecule has 0 saturated heterocycles. The minimum absolute atomic E-state index is 0.504. The molecule has 0 saturated carbocycles. The van der Waals surface area contributed by atoms with E-state index in [4.69, 9.17) is 10.8 Å². The molecule has 0 aliphatic rings. The minimum Gasteiger partial charge on any atom is -0.506 e. The van der Waals surface area contributed by atoms with Crippen LogP contribution in [0.3, 0.4) is 0 Å². The Balaban J connectivity index is 3.23. The summed E-state index contributed by atoms with van der Waals surface area (Å²) < 4.78 is 36.3. The van der Waals surface area contributed by atoms with E-state index in [1.165, 1.54) is 0 Å². The van der Waals surface area contributed by atoms with Gasteiger partial charge in [0.1, 0.15) is 5.75 Å². The molecule has 0 amide bonds. The average Bonchev–Trinajstić information content (AvgIpc) is 1.96. The molecular weight excluding hydrogens is 173 g/mol. The van der Waals surface area contributed by atoms with Gasteiger partial charge < -0.3 is 10.8 Å².